The molecular weight excluding hydrogens is 432 g/mol. The molecule has 0 unspecified atom stereocenters. The van der Waals surface area contributed by atoms with Gasteiger partial charge in [0.25, 0.3) is 5.91 Å². The smallest absolute Gasteiger partial charge is 0.312 e. The Kier molecular flexibility index (Phi) is 5.75. The molecule has 4 bridgehead atoms. The monoisotopic (exact) mass is 462 g/mol. The zero-order valence-corrected chi connectivity index (χ0v) is 18.9. The van der Waals surface area contributed by atoms with E-state index in [-0.39, 0.29) is 17.5 Å². The van der Waals surface area contributed by atoms with Gasteiger partial charge in [0.1, 0.15) is 0 Å². The van der Waals surface area contributed by atoms with Gasteiger partial charge in [0.2, 0.25) is 10.0 Å². The average molecular weight is 463 g/mol. The summed E-state index contributed by atoms with van der Waals surface area (Å²) in [7, 11) is -3.66. The maximum absolute atomic E-state index is 12.9. The van der Waals surface area contributed by atoms with Crippen molar-refractivity contribution in [2.45, 2.75) is 43.4 Å². The van der Waals surface area contributed by atoms with E-state index in [4.69, 9.17) is 9.47 Å². The largest absolute Gasteiger partial charge is 0.455 e. The van der Waals surface area contributed by atoms with Gasteiger partial charge in [-0.05, 0) is 74.5 Å². The maximum Gasteiger partial charge on any atom is 0.312 e. The van der Waals surface area contributed by atoms with Crippen molar-refractivity contribution < 1.29 is 27.5 Å². The number of morpholine rings is 1. The number of amides is 1. The number of esters is 1. The van der Waals surface area contributed by atoms with Crippen molar-refractivity contribution in [3.63, 3.8) is 0 Å². The third kappa shape index (κ3) is 4.18. The lowest BCUT2D eigenvalue weighted by atomic mass is 9.49. The standard InChI is InChI=1S/C23H30N2O6S/c26-21(15-31-22(27)23-12-16-8-17(13-23)10-18(9-16)14-23)24-19-2-1-3-20(11-19)32(28,29)25-4-6-30-7-5-25/h1-3,11,16-18H,4-10,12-15H2,(H,24,26). The molecule has 5 fully saturated rings. The molecule has 4 saturated carbocycles. The Morgan fingerprint density at radius 3 is 2.31 bits per heavy atom. The molecule has 0 radical (unpaired) electrons. The second-order valence-electron chi connectivity index (χ2n) is 9.87. The molecule has 6 rings (SSSR count). The Balaban J connectivity index is 1.19. The molecular formula is C23H30N2O6S. The number of ether oxygens (including phenoxy) is 2. The molecule has 0 atom stereocenters. The highest BCUT2D eigenvalue weighted by molar-refractivity contribution is 7.89. The van der Waals surface area contributed by atoms with Gasteiger partial charge in [0, 0.05) is 18.8 Å². The summed E-state index contributed by atoms with van der Waals surface area (Å²) >= 11 is 0. The van der Waals surface area contributed by atoms with Gasteiger partial charge >= 0.3 is 5.97 Å². The van der Waals surface area contributed by atoms with Gasteiger partial charge in [-0.2, -0.15) is 4.31 Å². The molecule has 0 aromatic heterocycles. The number of hydrogen-bond donors (Lipinski definition) is 1. The fourth-order valence-electron chi connectivity index (χ4n) is 6.51. The number of nitrogens with one attached hydrogen (secondary N) is 1. The molecule has 1 aliphatic heterocycles. The molecule has 1 heterocycles. The first-order valence-corrected chi connectivity index (χ1v) is 12.9. The summed E-state index contributed by atoms with van der Waals surface area (Å²) < 4.78 is 37.7. The second kappa shape index (κ2) is 8.43. The summed E-state index contributed by atoms with van der Waals surface area (Å²) in [5, 5.41) is 2.66. The lowest BCUT2D eigenvalue weighted by Gasteiger charge is -2.55. The lowest BCUT2D eigenvalue weighted by molar-refractivity contribution is -0.172. The first-order valence-electron chi connectivity index (χ1n) is 11.5. The Morgan fingerprint density at radius 2 is 1.69 bits per heavy atom. The average Bonchev–Trinajstić information content (AvgIpc) is 2.77. The van der Waals surface area contributed by atoms with Crippen molar-refractivity contribution in [2.75, 3.05) is 38.2 Å². The van der Waals surface area contributed by atoms with Crippen molar-refractivity contribution in [1.82, 2.24) is 4.31 Å². The Labute approximate surface area is 188 Å². The quantitative estimate of drug-likeness (QED) is 0.652. The van der Waals surface area contributed by atoms with Gasteiger partial charge in [-0.25, -0.2) is 8.42 Å². The van der Waals surface area contributed by atoms with Gasteiger partial charge in [0.05, 0.1) is 23.5 Å². The van der Waals surface area contributed by atoms with E-state index in [1.165, 1.54) is 35.7 Å². The summed E-state index contributed by atoms with van der Waals surface area (Å²) in [6, 6.07) is 6.15. The summed E-state index contributed by atoms with van der Waals surface area (Å²) in [5.41, 5.74) is -0.0449. The molecule has 4 aliphatic carbocycles. The molecule has 9 heteroatoms. The van der Waals surface area contributed by atoms with Crippen molar-refractivity contribution in [3.8, 4) is 0 Å². The van der Waals surface area contributed by atoms with Crippen LogP contribution in [0.15, 0.2) is 29.2 Å². The predicted octanol–water partition coefficient (Wildman–Crippen LogP) is 2.41. The molecule has 1 aromatic carbocycles. The Hall–Kier alpha value is -1.97. The number of carbonyl (C=O) groups excluding carboxylic acids is 2. The van der Waals surface area contributed by atoms with E-state index in [2.05, 4.69) is 5.32 Å². The van der Waals surface area contributed by atoms with Gasteiger partial charge in [-0.3, -0.25) is 9.59 Å². The summed E-state index contributed by atoms with van der Waals surface area (Å²) in [6.45, 7) is 0.981. The highest BCUT2D eigenvalue weighted by atomic mass is 32.2. The number of hydrogen-bond acceptors (Lipinski definition) is 6. The van der Waals surface area contributed by atoms with Gasteiger partial charge in [-0.15, -0.1) is 0 Å². The Morgan fingerprint density at radius 1 is 1.06 bits per heavy atom. The van der Waals surface area contributed by atoms with Crippen LogP contribution in [0.3, 0.4) is 0 Å². The van der Waals surface area contributed by atoms with Crippen LogP contribution in [0.1, 0.15) is 38.5 Å². The summed E-state index contributed by atoms with van der Waals surface area (Å²) in [5.74, 6) is 1.16. The van der Waals surface area contributed by atoms with Crippen LogP contribution >= 0.6 is 0 Å². The highest BCUT2D eigenvalue weighted by Crippen LogP contribution is 2.60. The van der Waals surface area contributed by atoms with E-state index >= 15 is 0 Å². The molecule has 0 spiro atoms. The number of benzene rings is 1. The van der Waals surface area contributed by atoms with Crippen molar-refractivity contribution >= 4 is 27.6 Å². The van der Waals surface area contributed by atoms with Crippen LogP contribution in [-0.4, -0.2) is 57.5 Å². The Bertz CT molecular complexity index is 966. The zero-order chi connectivity index (χ0) is 22.3. The first kappa shape index (κ1) is 21.9. The predicted molar refractivity (Wildman–Crippen MR) is 116 cm³/mol. The van der Waals surface area contributed by atoms with Crippen LogP contribution in [-0.2, 0) is 29.1 Å². The van der Waals surface area contributed by atoms with Crippen LogP contribution in [0.25, 0.3) is 0 Å². The van der Waals surface area contributed by atoms with E-state index in [1.54, 1.807) is 12.1 Å². The summed E-state index contributed by atoms with van der Waals surface area (Å²) in [6.07, 6.45) is 6.37. The van der Waals surface area contributed by atoms with E-state index in [0.29, 0.717) is 49.7 Å². The minimum Gasteiger partial charge on any atom is -0.455 e. The van der Waals surface area contributed by atoms with Crippen LogP contribution in [0.2, 0.25) is 0 Å². The van der Waals surface area contributed by atoms with Crippen LogP contribution in [0.5, 0.6) is 0 Å². The van der Waals surface area contributed by atoms with E-state index in [9.17, 15) is 18.0 Å². The van der Waals surface area contributed by atoms with Gasteiger partial charge < -0.3 is 14.8 Å². The normalized spacial score (nSPS) is 31.9. The number of rotatable bonds is 6. The van der Waals surface area contributed by atoms with Crippen molar-refractivity contribution in [3.05, 3.63) is 24.3 Å². The van der Waals surface area contributed by atoms with E-state index in [0.717, 1.165) is 19.3 Å². The third-order valence-electron chi connectivity index (χ3n) is 7.53. The van der Waals surface area contributed by atoms with Gasteiger partial charge in [0.15, 0.2) is 6.61 Å². The minimum absolute atomic E-state index is 0.114. The molecule has 1 amide bonds. The number of anilines is 1. The molecule has 174 valence electrons. The number of nitrogens with zero attached hydrogens (tertiary/aromatic N) is 1. The fraction of sp³-hybridized carbons (Fsp3) is 0.652. The van der Waals surface area contributed by atoms with Crippen LogP contribution in [0, 0.1) is 23.2 Å². The molecule has 1 aromatic rings. The fourth-order valence-corrected chi connectivity index (χ4v) is 7.97. The molecule has 32 heavy (non-hydrogen) atoms. The lowest BCUT2D eigenvalue weighted by Crippen LogP contribution is -2.50. The van der Waals surface area contributed by atoms with Crippen molar-refractivity contribution in [1.29, 1.82) is 0 Å². The molecule has 1 N–H and O–H groups in total. The highest BCUT2D eigenvalue weighted by Gasteiger charge is 2.55. The van der Waals surface area contributed by atoms with E-state index < -0.39 is 21.3 Å². The number of carbonyl (C=O) groups is 2. The SMILES string of the molecule is O=C(COC(=O)C12CC3CC(CC(C3)C1)C2)Nc1cccc(S(=O)(=O)N2CCOCC2)c1. The topological polar surface area (TPSA) is 102 Å². The minimum atomic E-state index is -3.66. The van der Waals surface area contributed by atoms with Crippen LogP contribution < -0.4 is 5.32 Å². The molecule has 5 aliphatic rings. The third-order valence-corrected chi connectivity index (χ3v) is 9.43. The molecule has 8 nitrogen and oxygen atoms in total. The second-order valence-corrected chi connectivity index (χ2v) is 11.8. The van der Waals surface area contributed by atoms with Gasteiger partial charge in [-0.1, -0.05) is 6.07 Å². The van der Waals surface area contributed by atoms with E-state index in [1.807, 2.05) is 0 Å². The van der Waals surface area contributed by atoms with Crippen molar-refractivity contribution in [2.24, 2.45) is 23.2 Å². The maximum atomic E-state index is 12.9. The number of sulfonamides is 1. The van der Waals surface area contributed by atoms with Crippen LogP contribution in [0.4, 0.5) is 5.69 Å². The molecule has 1 saturated heterocycles. The zero-order valence-electron chi connectivity index (χ0n) is 18.1. The summed E-state index contributed by atoms with van der Waals surface area (Å²) in [4.78, 5) is 25.5. The first-order chi connectivity index (χ1) is 15.3.